The van der Waals surface area contributed by atoms with E-state index >= 15 is 0 Å². The number of carbonyl (C=O) groups excluding carboxylic acids is 2. The summed E-state index contributed by atoms with van der Waals surface area (Å²) >= 11 is 0. The number of likely N-dealkylation sites (N-methyl/N-ethyl adjacent to an activating group) is 1. The van der Waals surface area contributed by atoms with Crippen molar-refractivity contribution >= 4 is 33.3 Å². The standard InChI is InChI=1S/C20H22N2O5S/c1-14-11-16-12-15(9-10-18(16)22(14)28(3,25)26)20(24)27-13-19(23)21(2)17-7-5-4-6-8-17/h4-10,12,14H,11,13H2,1-3H3. The van der Waals surface area contributed by atoms with Crippen LogP contribution < -0.4 is 9.21 Å². The minimum absolute atomic E-state index is 0.211. The number of sulfonamides is 1. The van der Waals surface area contributed by atoms with Gasteiger partial charge in [-0.1, -0.05) is 18.2 Å². The maximum absolute atomic E-state index is 12.3. The molecule has 8 heteroatoms. The van der Waals surface area contributed by atoms with E-state index in [2.05, 4.69) is 0 Å². The predicted molar refractivity (Wildman–Crippen MR) is 107 cm³/mol. The Morgan fingerprint density at radius 1 is 1.18 bits per heavy atom. The van der Waals surface area contributed by atoms with Crippen molar-refractivity contribution < 1.29 is 22.7 Å². The van der Waals surface area contributed by atoms with Crippen LogP contribution in [-0.4, -0.2) is 46.2 Å². The predicted octanol–water partition coefficient (Wildman–Crippen LogP) is 2.22. The van der Waals surface area contributed by atoms with E-state index in [0.29, 0.717) is 17.8 Å². The van der Waals surface area contributed by atoms with Gasteiger partial charge in [0.2, 0.25) is 10.0 Å². The summed E-state index contributed by atoms with van der Waals surface area (Å²) in [6.07, 6.45) is 1.68. The monoisotopic (exact) mass is 402 g/mol. The van der Waals surface area contributed by atoms with Gasteiger partial charge in [0.15, 0.2) is 6.61 Å². The Morgan fingerprint density at radius 3 is 2.50 bits per heavy atom. The molecule has 1 aliphatic heterocycles. The number of ether oxygens (including phenoxy) is 1. The summed E-state index contributed by atoms with van der Waals surface area (Å²) in [4.78, 5) is 26.0. The number of nitrogens with zero attached hydrogens (tertiary/aromatic N) is 2. The molecule has 0 radical (unpaired) electrons. The first-order chi connectivity index (χ1) is 13.2. The fourth-order valence-corrected chi connectivity index (χ4v) is 4.60. The van der Waals surface area contributed by atoms with Gasteiger partial charge >= 0.3 is 5.97 Å². The molecule has 2 aromatic rings. The van der Waals surface area contributed by atoms with Crippen LogP contribution in [0.5, 0.6) is 0 Å². The van der Waals surface area contributed by atoms with Crippen molar-refractivity contribution in [1.29, 1.82) is 0 Å². The molecule has 7 nitrogen and oxygen atoms in total. The molecule has 0 spiro atoms. The van der Waals surface area contributed by atoms with Crippen LogP contribution in [0.15, 0.2) is 48.5 Å². The Hall–Kier alpha value is -2.87. The summed E-state index contributed by atoms with van der Waals surface area (Å²) in [6, 6.07) is 13.6. The minimum Gasteiger partial charge on any atom is -0.452 e. The third-order valence-corrected chi connectivity index (χ3v) is 5.94. The number of rotatable bonds is 5. The second-order valence-corrected chi connectivity index (χ2v) is 8.68. The van der Waals surface area contributed by atoms with E-state index in [-0.39, 0.29) is 24.1 Å². The quantitative estimate of drug-likeness (QED) is 0.716. The molecule has 0 fully saturated rings. The van der Waals surface area contributed by atoms with Crippen LogP contribution in [0.1, 0.15) is 22.8 Å². The van der Waals surface area contributed by atoms with E-state index < -0.39 is 16.0 Å². The van der Waals surface area contributed by atoms with Gasteiger partial charge < -0.3 is 9.64 Å². The summed E-state index contributed by atoms with van der Waals surface area (Å²) in [5.74, 6) is -0.972. The lowest BCUT2D eigenvalue weighted by Gasteiger charge is -2.21. The number of carbonyl (C=O) groups is 2. The van der Waals surface area contributed by atoms with Crippen LogP contribution in [0, 0.1) is 0 Å². The number of anilines is 2. The highest BCUT2D eigenvalue weighted by Gasteiger charge is 2.33. The Kier molecular flexibility index (Phi) is 5.42. The molecule has 2 aromatic carbocycles. The fraction of sp³-hybridized carbons (Fsp3) is 0.300. The Bertz CT molecular complexity index is 1000. The van der Waals surface area contributed by atoms with Crippen LogP contribution in [0.4, 0.5) is 11.4 Å². The number of hydrogen-bond donors (Lipinski definition) is 0. The normalized spacial score (nSPS) is 15.8. The number of hydrogen-bond acceptors (Lipinski definition) is 5. The maximum Gasteiger partial charge on any atom is 0.338 e. The van der Waals surface area contributed by atoms with E-state index in [0.717, 1.165) is 11.8 Å². The highest BCUT2D eigenvalue weighted by molar-refractivity contribution is 7.92. The molecule has 1 aliphatic rings. The van der Waals surface area contributed by atoms with Gasteiger partial charge in [0.05, 0.1) is 17.5 Å². The molecule has 0 bridgehead atoms. The van der Waals surface area contributed by atoms with Gasteiger partial charge in [0.1, 0.15) is 0 Å². The van der Waals surface area contributed by atoms with E-state index in [9.17, 15) is 18.0 Å². The van der Waals surface area contributed by atoms with Gasteiger partial charge in [-0.05, 0) is 49.2 Å². The van der Waals surface area contributed by atoms with Gasteiger partial charge in [-0.2, -0.15) is 0 Å². The van der Waals surface area contributed by atoms with Crippen LogP contribution >= 0.6 is 0 Å². The van der Waals surface area contributed by atoms with Gasteiger partial charge in [0.25, 0.3) is 5.91 Å². The summed E-state index contributed by atoms with van der Waals surface area (Å²) < 4.78 is 30.5. The smallest absolute Gasteiger partial charge is 0.338 e. The molecular weight excluding hydrogens is 380 g/mol. The average molecular weight is 402 g/mol. The first kappa shape index (κ1) is 19.9. The van der Waals surface area contributed by atoms with Crippen LogP contribution in [0.2, 0.25) is 0 Å². The second-order valence-electron chi connectivity index (χ2n) is 6.82. The van der Waals surface area contributed by atoms with E-state index in [4.69, 9.17) is 4.74 Å². The van der Waals surface area contributed by atoms with E-state index in [1.54, 1.807) is 31.3 Å². The molecular formula is C20H22N2O5S. The Balaban J connectivity index is 1.68. The summed E-state index contributed by atoms with van der Waals surface area (Å²) in [5.41, 5.74) is 2.33. The van der Waals surface area contributed by atoms with Crippen molar-refractivity contribution in [2.75, 3.05) is 29.1 Å². The fourth-order valence-electron chi connectivity index (χ4n) is 3.34. The maximum atomic E-state index is 12.3. The first-order valence-electron chi connectivity index (χ1n) is 8.79. The molecule has 1 amide bonds. The van der Waals surface area contributed by atoms with Gasteiger partial charge in [-0.15, -0.1) is 0 Å². The molecule has 1 heterocycles. The Labute approximate surface area is 164 Å². The highest BCUT2D eigenvalue weighted by Crippen LogP contribution is 2.34. The molecule has 0 N–H and O–H groups in total. The number of esters is 1. The molecule has 0 saturated carbocycles. The van der Waals surface area contributed by atoms with Crippen molar-refractivity contribution in [3.63, 3.8) is 0 Å². The molecule has 1 unspecified atom stereocenters. The lowest BCUT2D eigenvalue weighted by atomic mass is 10.1. The van der Waals surface area contributed by atoms with Gasteiger partial charge in [-0.3, -0.25) is 9.10 Å². The van der Waals surface area contributed by atoms with Crippen molar-refractivity contribution in [2.45, 2.75) is 19.4 Å². The number of benzene rings is 2. The number of para-hydroxylation sites is 1. The largest absolute Gasteiger partial charge is 0.452 e. The highest BCUT2D eigenvalue weighted by atomic mass is 32.2. The van der Waals surface area contributed by atoms with E-state index in [1.165, 1.54) is 15.3 Å². The lowest BCUT2D eigenvalue weighted by molar-refractivity contribution is -0.121. The van der Waals surface area contributed by atoms with Crippen molar-refractivity contribution in [3.05, 3.63) is 59.7 Å². The van der Waals surface area contributed by atoms with Crippen LogP contribution in [0.3, 0.4) is 0 Å². The molecule has 0 aromatic heterocycles. The summed E-state index contributed by atoms with van der Waals surface area (Å²) in [7, 11) is -1.78. The third-order valence-electron chi connectivity index (χ3n) is 4.67. The molecule has 1 atom stereocenters. The molecule has 28 heavy (non-hydrogen) atoms. The second kappa shape index (κ2) is 7.63. The van der Waals surface area contributed by atoms with Crippen molar-refractivity contribution in [1.82, 2.24) is 0 Å². The van der Waals surface area contributed by atoms with E-state index in [1.807, 2.05) is 25.1 Å². The van der Waals surface area contributed by atoms with Crippen LogP contribution in [0.25, 0.3) is 0 Å². The van der Waals surface area contributed by atoms with Crippen molar-refractivity contribution in [2.24, 2.45) is 0 Å². The topological polar surface area (TPSA) is 84.0 Å². The molecule has 0 saturated heterocycles. The molecule has 3 rings (SSSR count). The zero-order chi connectivity index (χ0) is 20.5. The third kappa shape index (κ3) is 4.01. The zero-order valence-electron chi connectivity index (χ0n) is 16.0. The molecule has 148 valence electrons. The zero-order valence-corrected chi connectivity index (χ0v) is 16.8. The summed E-state index contributed by atoms with van der Waals surface area (Å²) in [6.45, 7) is 1.43. The van der Waals surface area contributed by atoms with Crippen LogP contribution in [-0.2, 0) is 26.0 Å². The number of fused-ring (bicyclic) bond motifs is 1. The van der Waals surface area contributed by atoms with Gasteiger partial charge in [-0.25, -0.2) is 13.2 Å². The summed E-state index contributed by atoms with van der Waals surface area (Å²) in [5, 5.41) is 0. The van der Waals surface area contributed by atoms with Gasteiger partial charge in [0, 0.05) is 18.8 Å². The molecule has 0 aliphatic carbocycles. The average Bonchev–Trinajstić information content (AvgIpc) is 3.00. The minimum atomic E-state index is -3.39. The SMILES string of the molecule is CC1Cc2cc(C(=O)OCC(=O)N(C)c3ccccc3)ccc2N1S(C)(=O)=O. The lowest BCUT2D eigenvalue weighted by Crippen LogP contribution is -2.34. The Morgan fingerprint density at radius 2 is 1.86 bits per heavy atom. The number of amides is 1. The first-order valence-corrected chi connectivity index (χ1v) is 10.6. The van der Waals surface area contributed by atoms with Crippen molar-refractivity contribution in [3.8, 4) is 0 Å².